The first kappa shape index (κ1) is 12.8. The maximum absolute atomic E-state index is 5.50. The molecular weight excluding hydrogens is 242 g/mol. The van der Waals surface area contributed by atoms with Crippen LogP contribution in [0.15, 0.2) is 12.3 Å². The molecule has 2 fully saturated rings. The molecule has 6 heteroatoms. The van der Waals surface area contributed by atoms with Gasteiger partial charge in [-0.1, -0.05) is 0 Å². The van der Waals surface area contributed by atoms with Crippen molar-refractivity contribution in [2.45, 2.75) is 12.5 Å². The van der Waals surface area contributed by atoms with Gasteiger partial charge in [-0.3, -0.25) is 0 Å². The van der Waals surface area contributed by atoms with E-state index in [1.54, 1.807) is 0 Å². The Morgan fingerprint density at radius 1 is 1.26 bits per heavy atom. The number of nitrogens with zero attached hydrogens (tertiary/aromatic N) is 3. The number of morpholine rings is 1. The maximum Gasteiger partial charge on any atom is 0.225 e. The minimum Gasteiger partial charge on any atom is -0.378 e. The summed E-state index contributed by atoms with van der Waals surface area (Å²) in [7, 11) is 0. The van der Waals surface area contributed by atoms with Gasteiger partial charge in [0.2, 0.25) is 5.95 Å². The van der Waals surface area contributed by atoms with Crippen molar-refractivity contribution in [2.24, 2.45) is 0 Å². The molecule has 19 heavy (non-hydrogen) atoms. The second-order valence-electron chi connectivity index (χ2n) is 4.95. The SMILES string of the molecule is c1cc(C2COCCN2)nc(N2CCCNCC2)n1. The average molecular weight is 263 g/mol. The molecule has 1 atom stereocenters. The van der Waals surface area contributed by atoms with Crippen molar-refractivity contribution in [1.82, 2.24) is 20.6 Å². The van der Waals surface area contributed by atoms with Crippen LogP contribution in [-0.2, 0) is 4.74 Å². The fourth-order valence-electron chi connectivity index (χ4n) is 2.51. The monoisotopic (exact) mass is 263 g/mol. The Bertz CT molecular complexity index is 400. The van der Waals surface area contributed by atoms with E-state index < -0.39 is 0 Å². The molecule has 2 aliphatic heterocycles. The number of aromatic nitrogens is 2. The fraction of sp³-hybridized carbons (Fsp3) is 0.692. The van der Waals surface area contributed by atoms with E-state index in [0.717, 1.165) is 57.4 Å². The highest BCUT2D eigenvalue weighted by Gasteiger charge is 2.19. The normalized spacial score (nSPS) is 25.1. The van der Waals surface area contributed by atoms with Crippen molar-refractivity contribution < 1.29 is 4.74 Å². The smallest absolute Gasteiger partial charge is 0.225 e. The number of hydrogen-bond acceptors (Lipinski definition) is 6. The van der Waals surface area contributed by atoms with Crippen LogP contribution in [0.1, 0.15) is 18.2 Å². The minimum atomic E-state index is 0.195. The zero-order valence-corrected chi connectivity index (χ0v) is 11.1. The Hall–Kier alpha value is -1.24. The van der Waals surface area contributed by atoms with Gasteiger partial charge in [-0.05, 0) is 19.0 Å². The predicted octanol–water partition coefficient (Wildman–Crippen LogP) is -0.0628. The molecule has 3 heterocycles. The highest BCUT2D eigenvalue weighted by atomic mass is 16.5. The van der Waals surface area contributed by atoms with Gasteiger partial charge in [0.05, 0.1) is 24.9 Å². The molecule has 2 aliphatic rings. The molecule has 104 valence electrons. The summed E-state index contributed by atoms with van der Waals surface area (Å²) in [6.07, 6.45) is 2.99. The van der Waals surface area contributed by atoms with Gasteiger partial charge in [0, 0.05) is 32.4 Å². The summed E-state index contributed by atoms with van der Waals surface area (Å²) in [6.45, 7) is 6.43. The zero-order valence-electron chi connectivity index (χ0n) is 11.1. The third kappa shape index (κ3) is 3.20. The van der Waals surface area contributed by atoms with E-state index in [4.69, 9.17) is 9.72 Å². The summed E-state index contributed by atoms with van der Waals surface area (Å²) in [5.41, 5.74) is 1.03. The van der Waals surface area contributed by atoms with Crippen LogP contribution >= 0.6 is 0 Å². The van der Waals surface area contributed by atoms with E-state index in [2.05, 4.69) is 20.5 Å². The molecule has 0 radical (unpaired) electrons. The van der Waals surface area contributed by atoms with Gasteiger partial charge in [0.25, 0.3) is 0 Å². The van der Waals surface area contributed by atoms with Crippen molar-refractivity contribution >= 4 is 5.95 Å². The van der Waals surface area contributed by atoms with Crippen LogP contribution < -0.4 is 15.5 Å². The van der Waals surface area contributed by atoms with Crippen molar-refractivity contribution in [3.05, 3.63) is 18.0 Å². The summed E-state index contributed by atoms with van der Waals surface area (Å²) >= 11 is 0. The van der Waals surface area contributed by atoms with Crippen LogP contribution in [-0.4, -0.2) is 55.9 Å². The van der Waals surface area contributed by atoms with Crippen LogP contribution in [0.3, 0.4) is 0 Å². The number of anilines is 1. The summed E-state index contributed by atoms with van der Waals surface area (Å²) in [5, 5.41) is 6.83. The lowest BCUT2D eigenvalue weighted by molar-refractivity contribution is 0.0756. The van der Waals surface area contributed by atoms with E-state index in [-0.39, 0.29) is 6.04 Å². The second-order valence-corrected chi connectivity index (χ2v) is 4.95. The molecule has 0 spiro atoms. The fourth-order valence-corrected chi connectivity index (χ4v) is 2.51. The highest BCUT2D eigenvalue weighted by molar-refractivity contribution is 5.31. The second kappa shape index (κ2) is 6.27. The number of nitrogens with one attached hydrogen (secondary N) is 2. The number of ether oxygens (including phenoxy) is 1. The highest BCUT2D eigenvalue weighted by Crippen LogP contribution is 2.16. The lowest BCUT2D eigenvalue weighted by Gasteiger charge is -2.25. The molecule has 0 saturated carbocycles. The minimum absolute atomic E-state index is 0.195. The van der Waals surface area contributed by atoms with Gasteiger partial charge in [-0.2, -0.15) is 0 Å². The van der Waals surface area contributed by atoms with Crippen molar-refractivity contribution in [1.29, 1.82) is 0 Å². The van der Waals surface area contributed by atoms with Gasteiger partial charge in [0.1, 0.15) is 0 Å². The third-order valence-corrected chi connectivity index (χ3v) is 3.57. The maximum atomic E-state index is 5.50. The molecule has 0 aromatic carbocycles. The third-order valence-electron chi connectivity index (χ3n) is 3.57. The van der Waals surface area contributed by atoms with E-state index >= 15 is 0 Å². The van der Waals surface area contributed by atoms with E-state index in [1.165, 1.54) is 0 Å². The van der Waals surface area contributed by atoms with E-state index in [1.807, 2.05) is 12.3 Å². The summed E-state index contributed by atoms with van der Waals surface area (Å²) in [6, 6.07) is 2.17. The van der Waals surface area contributed by atoms with Crippen LogP contribution in [0.25, 0.3) is 0 Å². The largest absolute Gasteiger partial charge is 0.378 e. The molecule has 3 rings (SSSR count). The quantitative estimate of drug-likeness (QED) is 0.779. The Balaban J connectivity index is 1.74. The Morgan fingerprint density at radius 3 is 3.16 bits per heavy atom. The molecule has 0 amide bonds. The molecule has 1 aromatic heterocycles. The standard InChI is InChI=1S/C13H21N5O/c1-3-14-5-8-18(7-1)13-16-4-2-11(17-13)12-10-19-9-6-15-12/h2,4,12,14-15H,1,3,5-10H2. The summed E-state index contributed by atoms with van der Waals surface area (Å²) in [5.74, 6) is 0.841. The van der Waals surface area contributed by atoms with Crippen LogP contribution in [0.5, 0.6) is 0 Å². The topological polar surface area (TPSA) is 62.3 Å². The van der Waals surface area contributed by atoms with Gasteiger partial charge < -0.3 is 20.3 Å². The predicted molar refractivity (Wildman–Crippen MR) is 73.3 cm³/mol. The Morgan fingerprint density at radius 2 is 2.26 bits per heavy atom. The van der Waals surface area contributed by atoms with Crippen LogP contribution in [0.4, 0.5) is 5.95 Å². The number of hydrogen-bond donors (Lipinski definition) is 2. The molecule has 6 nitrogen and oxygen atoms in total. The molecule has 1 aromatic rings. The Kier molecular flexibility index (Phi) is 4.22. The molecule has 0 aliphatic carbocycles. The summed E-state index contributed by atoms with van der Waals surface area (Å²) in [4.78, 5) is 11.4. The average Bonchev–Trinajstić information content (AvgIpc) is 2.77. The van der Waals surface area contributed by atoms with Gasteiger partial charge in [0.15, 0.2) is 0 Å². The lowest BCUT2D eigenvalue weighted by Crippen LogP contribution is -2.36. The lowest BCUT2D eigenvalue weighted by atomic mass is 10.2. The molecule has 1 unspecified atom stereocenters. The summed E-state index contributed by atoms with van der Waals surface area (Å²) < 4.78 is 5.50. The van der Waals surface area contributed by atoms with Crippen molar-refractivity contribution in [3.63, 3.8) is 0 Å². The molecule has 0 bridgehead atoms. The van der Waals surface area contributed by atoms with E-state index in [9.17, 15) is 0 Å². The molecule has 2 N–H and O–H groups in total. The van der Waals surface area contributed by atoms with Crippen LogP contribution in [0, 0.1) is 0 Å². The first-order valence-electron chi connectivity index (χ1n) is 7.03. The van der Waals surface area contributed by atoms with Crippen molar-refractivity contribution in [3.8, 4) is 0 Å². The first-order valence-corrected chi connectivity index (χ1v) is 7.03. The van der Waals surface area contributed by atoms with E-state index in [0.29, 0.717) is 6.61 Å². The Labute approximate surface area is 113 Å². The van der Waals surface area contributed by atoms with Crippen LogP contribution in [0.2, 0.25) is 0 Å². The first-order chi connectivity index (χ1) is 9.43. The molecule has 2 saturated heterocycles. The zero-order chi connectivity index (χ0) is 12.9. The molecular formula is C13H21N5O. The van der Waals surface area contributed by atoms with Gasteiger partial charge in [-0.15, -0.1) is 0 Å². The van der Waals surface area contributed by atoms with Gasteiger partial charge >= 0.3 is 0 Å². The van der Waals surface area contributed by atoms with Gasteiger partial charge in [-0.25, -0.2) is 9.97 Å². The number of rotatable bonds is 2. The van der Waals surface area contributed by atoms with Crippen molar-refractivity contribution in [2.75, 3.05) is 50.8 Å².